The van der Waals surface area contributed by atoms with Crippen molar-refractivity contribution in [1.29, 1.82) is 0 Å². The molecule has 7 aromatic rings. The third kappa shape index (κ3) is 8.46. The Morgan fingerprint density at radius 1 is 0.770 bits per heavy atom. The molecule has 4 aromatic carbocycles. The van der Waals surface area contributed by atoms with Gasteiger partial charge in [-0.25, -0.2) is 18.4 Å². The monoisotopic (exact) mass is 828 g/mol. The molecule has 0 bridgehead atoms. The summed E-state index contributed by atoms with van der Waals surface area (Å²) in [5.74, 6) is -4.94. The van der Waals surface area contributed by atoms with Crippen LogP contribution in [0.1, 0.15) is 43.1 Å². The molecule has 0 spiro atoms. The van der Waals surface area contributed by atoms with Crippen LogP contribution in [0.25, 0.3) is 16.8 Å². The molecule has 1 fully saturated rings. The fraction of sp³-hybridized carbons (Fsp3) is 0.277. The number of alkyl halides is 2. The van der Waals surface area contributed by atoms with Crippen molar-refractivity contribution in [3.8, 4) is 16.8 Å². The number of anilines is 2. The molecule has 4 heterocycles. The first-order valence-electron chi connectivity index (χ1n) is 20.4. The number of benzene rings is 4. The van der Waals surface area contributed by atoms with Crippen molar-refractivity contribution < 1.29 is 23.0 Å². The molecule has 0 radical (unpaired) electrons. The van der Waals surface area contributed by atoms with Gasteiger partial charge in [0.05, 0.1) is 31.0 Å². The first-order valence-corrected chi connectivity index (χ1v) is 20.4. The van der Waals surface area contributed by atoms with Crippen LogP contribution in [0, 0.1) is 5.82 Å². The number of rotatable bonds is 15. The number of pyridine rings is 1. The van der Waals surface area contributed by atoms with Crippen molar-refractivity contribution in [2.24, 2.45) is 0 Å². The van der Waals surface area contributed by atoms with E-state index in [0.29, 0.717) is 18.6 Å². The molecule has 3 atom stereocenters. The lowest BCUT2D eigenvalue weighted by atomic mass is 9.84. The average molecular weight is 829 g/mol. The van der Waals surface area contributed by atoms with Gasteiger partial charge in [-0.3, -0.25) is 9.67 Å². The van der Waals surface area contributed by atoms with E-state index in [1.54, 1.807) is 10.9 Å². The second-order valence-electron chi connectivity index (χ2n) is 15.3. The number of piperazine rings is 1. The molecule has 1 aliphatic rings. The highest BCUT2D eigenvalue weighted by Crippen LogP contribution is 2.47. The zero-order valence-corrected chi connectivity index (χ0v) is 33.9. The molecule has 314 valence electrons. The van der Waals surface area contributed by atoms with Gasteiger partial charge in [0.1, 0.15) is 17.8 Å². The Morgan fingerprint density at radius 3 is 2.00 bits per heavy atom. The predicted molar refractivity (Wildman–Crippen MR) is 228 cm³/mol. The lowest BCUT2D eigenvalue weighted by Gasteiger charge is -2.37. The van der Waals surface area contributed by atoms with Crippen molar-refractivity contribution in [3.63, 3.8) is 0 Å². The molecule has 61 heavy (non-hydrogen) atoms. The molecule has 8 rings (SSSR count). The highest BCUT2D eigenvalue weighted by atomic mass is 19.3. The van der Waals surface area contributed by atoms with Crippen LogP contribution in [-0.4, -0.2) is 66.5 Å². The van der Waals surface area contributed by atoms with Crippen LogP contribution in [-0.2, 0) is 29.4 Å². The van der Waals surface area contributed by atoms with Gasteiger partial charge in [0.2, 0.25) is 0 Å². The largest absolute Gasteiger partial charge is 0.377 e. The molecule has 0 amide bonds. The average Bonchev–Trinajstić information content (AvgIpc) is 3.96. The van der Waals surface area contributed by atoms with Gasteiger partial charge in [-0.05, 0) is 79.1 Å². The molecule has 3 aromatic heterocycles. The van der Waals surface area contributed by atoms with Gasteiger partial charge in [-0.2, -0.15) is 19.0 Å². The molecular formula is C47H47F3N8O3. The lowest BCUT2D eigenvalue weighted by molar-refractivity contribution is -0.207. The van der Waals surface area contributed by atoms with E-state index >= 15 is 8.78 Å². The second kappa shape index (κ2) is 17.6. The molecular weight excluding hydrogens is 782 g/mol. The maximum Gasteiger partial charge on any atom is 0.350 e. The number of nitrogens with zero attached hydrogens (tertiary/aromatic N) is 8. The smallest absolute Gasteiger partial charge is 0.350 e. The van der Waals surface area contributed by atoms with E-state index in [4.69, 9.17) is 4.74 Å². The fourth-order valence-electron chi connectivity index (χ4n) is 7.99. The number of aromatic nitrogens is 6. The number of aliphatic hydroxyl groups is 1. The minimum absolute atomic E-state index is 0.212. The molecule has 14 heteroatoms. The zero-order valence-electron chi connectivity index (χ0n) is 33.9. The summed E-state index contributed by atoms with van der Waals surface area (Å²) in [7, 11) is 0. The van der Waals surface area contributed by atoms with Gasteiger partial charge in [0.15, 0.2) is 5.60 Å². The van der Waals surface area contributed by atoms with E-state index in [9.17, 15) is 14.3 Å². The van der Waals surface area contributed by atoms with E-state index in [1.807, 2.05) is 92.7 Å². The lowest BCUT2D eigenvalue weighted by Crippen LogP contribution is -2.47. The summed E-state index contributed by atoms with van der Waals surface area (Å²) < 4.78 is 57.8. The summed E-state index contributed by atoms with van der Waals surface area (Å²) in [6.07, 6.45) is 6.21. The van der Waals surface area contributed by atoms with E-state index in [-0.39, 0.29) is 17.8 Å². The summed E-state index contributed by atoms with van der Waals surface area (Å²) in [6, 6.07) is 34.7. The van der Waals surface area contributed by atoms with Crippen molar-refractivity contribution in [3.05, 3.63) is 179 Å². The highest BCUT2D eigenvalue weighted by Gasteiger charge is 2.57. The molecule has 2 unspecified atom stereocenters. The first-order chi connectivity index (χ1) is 29.6. The first kappa shape index (κ1) is 41.2. The van der Waals surface area contributed by atoms with Crippen molar-refractivity contribution >= 4 is 11.4 Å². The Morgan fingerprint density at radius 2 is 1.39 bits per heavy atom. The quantitative estimate of drug-likeness (QED) is 0.111. The van der Waals surface area contributed by atoms with Crippen molar-refractivity contribution in [2.45, 2.75) is 57.1 Å². The Kier molecular flexibility index (Phi) is 11.9. The van der Waals surface area contributed by atoms with Crippen LogP contribution in [0.4, 0.5) is 24.5 Å². The van der Waals surface area contributed by atoms with Crippen LogP contribution in [0.2, 0.25) is 0 Å². The van der Waals surface area contributed by atoms with E-state index in [2.05, 4.69) is 25.0 Å². The summed E-state index contributed by atoms with van der Waals surface area (Å²) in [6.45, 7) is 6.92. The van der Waals surface area contributed by atoms with Gasteiger partial charge in [-0.1, -0.05) is 73.7 Å². The molecule has 1 saturated heterocycles. The zero-order chi connectivity index (χ0) is 42.6. The maximum atomic E-state index is 16.3. The maximum absolute atomic E-state index is 16.3. The van der Waals surface area contributed by atoms with Gasteiger partial charge in [0, 0.05) is 67.3 Å². The Bertz CT molecular complexity index is 2560. The van der Waals surface area contributed by atoms with Gasteiger partial charge < -0.3 is 19.6 Å². The number of ether oxygens (including phenoxy) is 1. The van der Waals surface area contributed by atoms with Gasteiger partial charge in [0.25, 0.3) is 0 Å². The number of hydrogen-bond donors (Lipinski definition) is 1. The normalized spacial score (nSPS) is 15.4. The third-order valence-electron chi connectivity index (χ3n) is 11.5. The molecule has 1 N–H and O–H groups in total. The van der Waals surface area contributed by atoms with E-state index in [1.165, 1.54) is 53.6 Å². The molecule has 0 saturated carbocycles. The van der Waals surface area contributed by atoms with Crippen molar-refractivity contribution in [1.82, 2.24) is 29.1 Å². The summed E-state index contributed by atoms with van der Waals surface area (Å²) in [5, 5.41) is 20.0. The Hall–Kier alpha value is -6.51. The van der Waals surface area contributed by atoms with Crippen LogP contribution >= 0.6 is 0 Å². The van der Waals surface area contributed by atoms with Gasteiger partial charge in [-0.15, -0.1) is 0 Å². The summed E-state index contributed by atoms with van der Waals surface area (Å²) >= 11 is 0. The predicted octanol–water partition coefficient (Wildman–Crippen LogP) is 7.99. The SMILES string of the molecule is CCC([C@H](C)OCc1ccccc1)n1ncn(-c2ccc(N3CCN(c4ccc(-c5ccc(C(F)(F)C(O)(Cn6cccn6)c6ccccc6F)nc5)cc4)CC3)cc2)c1=O. The van der Waals surface area contributed by atoms with Gasteiger partial charge >= 0.3 is 11.6 Å². The summed E-state index contributed by atoms with van der Waals surface area (Å²) in [5.41, 5.74) is 0.867. The minimum atomic E-state index is -3.98. The summed E-state index contributed by atoms with van der Waals surface area (Å²) in [4.78, 5) is 22.2. The Labute approximate surface area is 351 Å². The standard InChI is InChI=1S/C47H47F3N8O3/c1-3-43(34(2)61-31-35-10-5-4-6-11-35)58-45(59)57(33-53-58)40-21-19-39(20-22-40)55-28-26-54(27-29-55)38-17-14-36(15-18-38)37-16-23-44(51-30-37)47(49,50)46(60,32-56-25-9-24-52-56)41-12-7-8-13-42(41)48/h4-25,30,33-34,43,60H,3,26-29,31-32H2,1-2H3/t34-,43?,46?/m0/s1. The third-order valence-corrected chi connectivity index (χ3v) is 11.5. The molecule has 11 nitrogen and oxygen atoms in total. The minimum Gasteiger partial charge on any atom is -0.377 e. The number of halogens is 3. The topological polar surface area (TPSA) is 106 Å². The second-order valence-corrected chi connectivity index (χ2v) is 15.3. The Balaban J connectivity index is 0.883. The molecule has 1 aliphatic heterocycles. The van der Waals surface area contributed by atoms with Crippen LogP contribution < -0.4 is 15.5 Å². The van der Waals surface area contributed by atoms with Crippen LogP contribution in [0.5, 0.6) is 0 Å². The fourth-order valence-corrected chi connectivity index (χ4v) is 7.99. The number of hydrogen-bond acceptors (Lipinski definition) is 8. The molecule has 0 aliphatic carbocycles. The van der Waals surface area contributed by atoms with E-state index in [0.717, 1.165) is 71.2 Å². The van der Waals surface area contributed by atoms with Crippen molar-refractivity contribution in [2.75, 3.05) is 36.0 Å². The van der Waals surface area contributed by atoms with Crippen LogP contribution in [0.3, 0.4) is 0 Å². The van der Waals surface area contributed by atoms with Crippen LogP contribution in [0.15, 0.2) is 151 Å². The van der Waals surface area contributed by atoms with E-state index < -0.39 is 35.1 Å². The highest BCUT2D eigenvalue weighted by molar-refractivity contribution is 5.66.